The van der Waals surface area contributed by atoms with Crippen LogP contribution < -0.4 is 26.0 Å². The van der Waals surface area contributed by atoms with E-state index in [2.05, 4.69) is 37.1 Å². The Labute approximate surface area is 254 Å². The highest BCUT2D eigenvalue weighted by atomic mass is 35.5. The van der Waals surface area contributed by atoms with E-state index in [9.17, 15) is 9.90 Å². The highest BCUT2D eigenvalue weighted by molar-refractivity contribution is 6.33. The molecule has 0 aromatic heterocycles. The standard InChI is InChI=1S/C30H49ClN6O5/c1-36(2)10-11-40-28-13-21(12-27(35-28)34-22-4-3-5-22)30(39)33-14-23(38)17-37-9-8-25-20(16-37)6-7-26(29(25)31)41-18-24-15-32-19-42-24/h6-7,21-24,27-28,32,34-35,38H,3-5,8-19H2,1-2H3,(H,33,39)/t21?,23-,24?,27?,28?/m0/s1. The summed E-state index contributed by atoms with van der Waals surface area (Å²) in [7, 11) is 4.05. The van der Waals surface area contributed by atoms with Crippen LogP contribution in [-0.4, -0.2) is 118 Å². The Balaban J connectivity index is 1.07. The van der Waals surface area contributed by atoms with Crippen LogP contribution in [0.1, 0.15) is 43.2 Å². The summed E-state index contributed by atoms with van der Waals surface area (Å²) in [6, 6.07) is 4.50. The van der Waals surface area contributed by atoms with Gasteiger partial charge in [-0.15, -0.1) is 0 Å². The molecule has 11 nitrogen and oxygen atoms in total. The van der Waals surface area contributed by atoms with Gasteiger partial charge in [-0.25, -0.2) is 0 Å². The number of amides is 1. The Hall–Kier alpha value is -1.54. The molecule has 3 aliphatic heterocycles. The molecular formula is C30H49ClN6O5. The molecule has 5 atom stereocenters. The number of likely N-dealkylation sites (N-methyl/N-ethyl adjacent to an activating group) is 1. The third kappa shape index (κ3) is 8.99. The molecule has 5 rings (SSSR count). The van der Waals surface area contributed by atoms with E-state index in [1.807, 2.05) is 20.2 Å². The molecule has 42 heavy (non-hydrogen) atoms. The van der Waals surface area contributed by atoms with E-state index in [-0.39, 0.29) is 36.9 Å². The van der Waals surface area contributed by atoms with Crippen molar-refractivity contribution in [3.8, 4) is 5.75 Å². The van der Waals surface area contributed by atoms with Crippen molar-refractivity contribution in [2.24, 2.45) is 5.92 Å². The van der Waals surface area contributed by atoms with Crippen LogP contribution in [0.5, 0.6) is 5.75 Å². The molecule has 2 saturated heterocycles. The number of carbonyl (C=O) groups excluding carboxylic acids is 1. The van der Waals surface area contributed by atoms with E-state index >= 15 is 0 Å². The summed E-state index contributed by atoms with van der Waals surface area (Å²) < 4.78 is 17.6. The minimum Gasteiger partial charge on any atom is -0.489 e. The average Bonchev–Trinajstić information content (AvgIpc) is 3.47. The molecule has 236 valence electrons. The van der Waals surface area contributed by atoms with Gasteiger partial charge in [0, 0.05) is 51.2 Å². The second kappa shape index (κ2) is 15.5. The number of fused-ring (bicyclic) bond motifs is 1. The number of nitrogens with one attached hydrogen (secondary N) is 4. The predicted octanol–water partition coefficient (Wildman–Crippen LogP) is 0.872. The maximum Gasteiger partial charge on any atom is 0.223 e. The Bertz CT molecular complexity index is 1020. The van der Waals surface area contributed by atoms with Crippen LogP contribution >= 0.6 is 11.6 Å². The summed E-state index contributed by atoms with van der Waals surface area (Å²) in [6.07, 6.45) is 5.00. The molecule has 5 N–H and O–H groups in total. The van der Waals surface area contributed by atoms with Gasteiger partial charge in [-0.05, 0) is 63.4 Å². The van der Waals surface area contributed by atoms with Crippen molar-refractivity contribution >= 4 is 17.5 Å². The van der Waals surface area contributed by atoms with E-state index in [0.717, 1.165) is 37.2 Å². The zero-order valence-electron chi connectivity index (χ0n) is 25.1. The van der Waals surface area contributed by atoms with Crippen molar-refractivity contribution < 1.29 is 24.1 Å². The number of carbonyl (C=O) groups is 1. The van der Waals surface area contributed by atoms with Crippen LogP contribution in [0.2, 0.25) is 5.02 Å². The topological polar surface area (TPSA) is 120 Å². The highest BCUT2D eigenvalue weighted by Crippen LogP contribution is 2.34. The Morgan fingerprint density at radius 3 is 2.90 bits per heavy atom. The first-order valence-electron chi connectivity index (χ1n) is 15.6. The molecule has 3 heterocycles. The molecular weight excluding hydrogens is 560 g/mol. The molecule has 1 saturated carbocycles. The fourth-order valence-corrected chi connectivity index (χ4v) is 6.40. The first kappa shape index (κ1) is 31.9. The lowest BCUT2D eigenvalue weighted by molar-refractivity contribution is -0.130. The summed E-state index contributed by atoms with van der Waals surface area (Å²) in [6.45, 7) is 5.44. The molecule has 12 heteroatoms. The van der Waals surface area contributed by atoms with Crippen LogP contribution in [0, 0.1) is 5.92 Å². The third-order valence-electron chi connectivity index (χ3n) is 8.75. The van der Waals surface area contributed by atoms with Gasteiger partial charge in [0.05, 0.1) is 30.6 Å². The number of halogens is 1. The van der Waals surface area contributed by atoms with Crippen molar-refractivity contribution in [3.63, 3.8) is 0 Å². The quantitative estimate of drug-likeness (QED) is 0.208. The van der Waals surface area contributed by atoms with Gasteiger partial charge in [0.1, 0.15) is 24.7 Å². The number of hydrogen-bond donors (Lipinski definition) is 5. The summed E-state index contributed by atoms with van der Waals surface area (Å²) in [5, 5.41) is 24.9. The Morgan fingerprint density at radius 2 is 2.17 bits per heavy atom. The molecule has 1 amide bonds. The third-order valence-corrected chi connectivity index (χ3v) is 9.17. The summed E-state index contributed by atoms with van der Waals surface area (Å²) in [4.78, 5) is 17.5. The largest absolute Gasteiger partial charge is 0.489 e. The Morgan fingerprint density at radius 1 is 1.31 bits per heavy atom. The van der Waals surface area contributed by atoms with Gasteiger partial charge >= 0.3 is 0 Å². The van der Waals surface area contributed by atoms with Gasteiger partial charge in [0.25, 0.3) is 0 Å². The molecule has 3 fully saturated rings. The summed E-state index contributed by atoms with van der Waals surface area (Å²) >= 11 is 6.71. The molecule has 0 radical (unpaired) electrons. The average molecular weight is 609 g/mol. The fraction of sp³-hybridized carbons (Fsp3) is 0.767. The lowest BCUT2D eigenvalue weighted by Gasteiger charge is -2.40. The lowest BCUT2D eigenvalue weighted by Crippen LogP contribution is -2.59. The molecule has 1 aliphatic carbocycles. The summed E-state index contributed by atoms with van der Waals surface area (Å²) in [5.74, 6) is 0.507. The van der Waals surface area contributed by atoms with Crippen molar-refractivity contribution in [3.05, 3.63) is 28.3 Å². The number of nitrogens with zero attached hydrogens (tertiary/aromatic N) is 2. The molecule has 0 bridgehead atoms. The van der Waals surface area contributed by atoms with Crippen LogP contribution in [-0.2, 0) is 27.2 Å². The van der Waals surface area contributed by atoms with Crippen LogP contribution in [0.25, 0.3) is 0 Å². The van der Waals surface area contributed by atoms with Crippen LogP contribution in [0.4, 0.5) is 0 Å². The Kier molecular flexibility index (Phi) is 11.7. The first-order chi connectivity index (χ1) is 20.3. The van der Waals surface area contributed by atoms with E-state index < -0.39 is 6.10 Å². The van der Waals surface area contributed by atoms with E-state index in [1.54, 1.807) is 0 Å². The first-order valence-corrected chi connectivity index (χ1v) is 15.9. The number of hydrogen-bond acceptors (Lipinski definition) is 10. The molecule has 0 spiro atoms. The second-order valence-corrected chi connectivity index (χ2v) is 12.8. The van der Waals surface area contributed by atoms with Gasteiger partial charge in [0.2, 0.25) is 5.91 Å². The van der Waals surface area contributed by atoms with Gasteiger partial charge in [0.15, 0.2) is 0 Å². The minimum absolute atomic E-state index is 0.0146. The monoisotopic (exact) mass is 608 g/mol. The highest BCUT2D eigenvalue weighted by Gasteiger charge is 2.35. The van der Waals surface area contributed by atoms with Crippen molar-refractivity contribution in [1.29, 1.82) is 0 Å². The van der Waals surface area contributed by atoms with Gasteiger partial charge in [-0.1, -0.05) is 24.1 Å². The van der Waals surface area contributed by atoms with Gasteiger partial charge < -0.3 is 29.5 Å². The van der Waals surface area contributed by atoms with E-state index in [4.69, 9.17) is 25.8 Å². The number of aliphatic hydroxyl groups is 1. The van der Waals surface area contributed by atoms with Crippen molar-refractivity contribution in [1.82, 2.24) is 31.1 Å². The fourth-order valence-electron chi connectivity index (χ4n) is 6.07. The van der Waals surface area contributed by atoms with Crippen molar-refractivity contribution in [2.45, 2.75) is 75.7 Å². The number of piperidine rings is 1. The minimum atomic E-state index is -0.661. The zero-order chi connectivity index (χ0) is 29.5. The van der Waals surface area contributed by atoms with Crippen molar-refractivity contribution in [2.75, 3.05) is 66.8 Å². The van der Waals surface area contributed by atoms with E-state index in [1.165, 1.54) is 19.3 Å². The number of β-amino-alcohol motifs (C(OH)–C–C–N with tert-alkyl or cyclic N) is 1. The lowest BCUT2D eigenvalue weighted by atomic mass is 9.89. The molecule has 4 unspecified atom stereocenters. The maximum atomic E-state index is 13.2. The van der Waals surface area contributed by atoms with Gasteiger partial charge in [-0.3, -0.25) is 25.6 Å². The zero-order valence-corrected chi connectivity index (χ0v) is 25.8. The number of ether oxygens (including phenoxy) is 3. The second-order valence-electron chi connectivity index (χ2n) is 12.4. The smallest absolute Gasteiger partial charge is 0.223 e. The van der Waals surface area contributed by atoms with Gasteiger partial charge in [-0.2, -0.15) is 0 Å². The van der Waals surface area contributed by atoms with Crippen LogP contribution in [0.15, 0.2) is 12.1 Å². The predicted molar refractivity (Wildman–Crippen MR) is 161 cm³/mol. The number of benzene rings is 1. The molecule has 4 aliphatic rings. The summed E-state index contributed by atoms with van der Waals surface area (Å²) in [5.41, 5.74) is 2.26. The molecule has 1 aromatic rings. The SMILES string of the molecule is CN(C)CCOC1CC(C(=O)NC[C@H](O)CN2CCc3c(ccc(OCC4CNCO4)c3Cl)C2)CC(NC2CCC2)N1. The van der Waals surface area contributed by atoms with Crippen LogP contribution in [0.3, 0.4) is 0 Å². The van der Waals surface area contributed by atoms with E-state index in [0.29, 0.717) is 62.7 Å². The molecule has 1 aromatic carbocycles. The maximum absolute atomic E-state index is 13.2. The number of rotatable bonds is 14. The normalized spacial score (nSPS) is 27.5. The number of aliphatic hydroxyl groups excluding tert-OH is 1.